The van der Waals surface area contributed by atoms with Gasteiger partial charge in [-0.05, 0) is 25.7 Å². The number of amides is 1. The van der Waals surface area contributed by atoms with Crippen LogP contribution in [0.3, 0.4) is 0 Å². The number of carbonyl (C=O) groups excluding carboxylic acids is 1. The lowest BCUT2D eigenvalue weighted by Crippen LogP contribution is -2.44. The van der Waals surface area contributed by atoms with Crippen molar-refractivity contribution >= 4 is 5.91 Å². The van der Waals surface area contributed by atoms with Gasteiger partial charge in [0, 0.05) is 25.6 Å². The Morgan fingerprint density at radius 2 is 2.11 bits per heavy atom. The van der Waals surface area contributed by atoms with Gasteiger partial charge in [0.25, 0.3) is 0 Å². The van der Waals surface area contributed by atoms with Crippen LogP contribution >= 0.6 is 0 Å². The Balaban J connectivity index is 1.82. The molecular formula is C14H25NO4. The van der Waals surface area contributed by atoms with Gasteiger partial charge in [0.1, 0.15) is 6.61 Å². The highest BCUT2D eigenvalue weighted by Gasteiger charge is 2.39. The molecule has 1 aliphatic carbocycles. The van der Waals surface area contributed by atoms with Crippen molar-refractivity contribution in [1.29, 1.82) is 0 Å². The summed E-state index contributed by atoms with van der Waals surface area (Å²) in [5, 5.41) is 10.0. The molecule has 0 spiro atoms. The van der Waals surface area contributed by atoms with Crippen LogP contribution in [0.15, 0.2) is 0 Å². The molecule has 1 saturated carbocycles. The summed E-state index contributed by atoms with van der Waals surface area (Å²) in [6, 6.07) is 0.219. The summed E-state index contributed by atoms with van der Waals surface area (Å²) in [7, 11) is 1.61. The molecule has 1 N–H and O–H groups in total. The number of rotatable bonds is 6. The maximum Gasteiger partial charge on any atom is 0.248 e. The molecule has 0 aromatic rings. The van der Waals surface area contributed by atoms with Crippen molar-refractivity contribution in [2.24, 2.45) is 5.92 Å². The Hall–Kier alpha value is -0.650. The Morgan fingerprint density at radius 1 is 1.26 bits per heavy atom. The molecule has 3 atom stereocenters. The number of aliphatic hydroxyl groups is 1. The lowest BCUT2D eigenvalue weighted by molar-refractivity contribution is -0.138. The van der Waals surface area contributed by atoms with E-state index in [-0.39, 0.29) is 30.6 Å². The van der Waals surface area contributed by atoms with Crippen LogP contribution in [0.2, 0.25) is 0 Å². The van der Waals surface area contributed by atoms with Crippen molar-refractivity contribution in [3.05, 3.63) is 0 Å². The summed E-state index contributed by atoms with van der Waals surface area (Å²) < 4.78 is 10.2. The smallest absolute Gasteiger partial charge is 0.248 e. The average molecular weight is 271 g/mol. The second-order valence-corrected chi connectivity index (χ2v) is 5.50. The molecule has 1 aliphatic heterocycles. The molecule has 110 valence electrons. The van der Waals surface area contributed by atoms with Gasteiger partial charge >= 0.3 is 0 Å². The van der Waals surface area contributed by atoms with Gasteiger partial charge in [-0.15, -0.1) is 0 Å². The fraction of sp³-hybridized carbons (Fsp3) is 0.929. The topological polar surface area (TPSA) is 59.0 Å². The molecule has 1 saturated heterocycles. The molecule has 0 bridgehead atoms. The minimum Gasteiger partial charge on any atom is -0.393 e. The minimum atomic E-state index is -0.229. The number of ether oxygens (including phenoxy) is 2. The monoisotopic (exact) mass is 271 g/mol. The van der Waals surface area contributed by atoms with Crippen molar-refractivity contribution in [2.45, 2.75) is 44.2 Å². The van der Waals surface area contributed by atoms with Crippen molar-refractivity contribution in [1.82, 2.24) is 4.90 Å². The number of likely N-dealkylation sites (tertiary alicyclic amines) is 1. The number of carbonyl (C=O) groups is 1. The lowest BCUT2D eigenvalue weighted by Gasteiger charge is -2.31. The Morgan fingerprint density at radius 3 is 2.79 bits per heavy atom. The zero-order chi connectivity index (χ0) is 13.7. The summed E-state index contributed by atoms with van der Waals surface area (Å²) in [5.74, 6) is 0.322. The standard InChI is InChI=1S/C14H25NO4/c1-18-8-9-19-10-14(17)15-7-3-5-12(15)11-4-2-6-13(11)16/h11-13,16H,2-10H2,1H3. The third-order valence-corrected chi connectivity index (χ3v) is 4.30. The first kappa shape index (κ1) is 14.8. The fourth-order valence-corrected chi connectivity index (χ4v) is 3.35. The maximum absolute atomic E-state index is 12.2. The third-order valence-electron chi connectivity index (χ3n) is 4.30. The Kier molecular flexibility index (Phi) is 5.60. The number of aliphatic hydroxyl groups excluding tert-OH is 1. The van der Waals surface area contributed by atoms with Gasteiger partial charge in [-0.1, -0.05) is 6.42 Å². The highest BCUT2D eigenvalue weighted by molar-refractivity contribution is 5.78. The first-order valence-electron chi connectivity index (χ1n) is 7.28. The summed E-state index contributed by atoms with van der Waals surface area (Å²) in [5.41, 5.74) is 0. The van der Waals surface area contributed by atoms with Gasteiger partial charge in [-0.2, -0.15) is 0 Å². The van der Waals surface area contributed by atoms with Crippen LogP contribution in [-0.4, -0.2) is 61.5 Å². The second kappa shape index (κ2) is 7.22. The van der Waals surface area contributed by atoms with Gasteiger partial charge in [-0.3, -0.25) is 4.79 Å². The van der Waals surface area contributed by atoms with Crippen LogP contribution in [-0.2, 0) is 14.3 Å². The van der Waals surface area contributed by atoms with E-state index >= 15 is 0 Å². The summed E-state index contributed by atoms with van der Waals surface area (Å²) >= 11 is 0. The lowest BCUT2D eigenvalue weighted by atomic mass is 9.94. The molecule has 0 aromatic carbocycles. The van der Waals surface area contributed by atoms with Gasteiger partial charge in [0.15, 0.2) is 0 Å². The van der Waals surface area contributed by atoms with Crippen molar-refractivity contribution < 1.29 is 19.4 Å². The molecule has 19 heavy (non-hydrogen) atoms. The third kappa shape index (κ3) is 3.68. The van der Waals surface area contributed by atoms with E-state index in [0.29, 0.717) is 13.2 Å². The summed E-state index contributed by atoms with van der Waals surface area (Å²) in [6.45, 7) is 1.90. The van der Waals surface area contributed by atoms with Crippen molar-refractivity contribution in [3.63, 3.8) is 0 Å². The molecule has 1 amide bonds. The van der Waals surface area contributed by atoms with Crippen LogP contribution < -0.4 is 0 Å². The van der Waals surface area contributed by atoms with E-state index in [0.717, 1.165) is 38.6 Å². The fourth-order valence-electron chi connectivity index (χ4n) is 3.35. The SMILES string of the molecule is COCCOCC(=O)N1CCCC1C1CCCC1O. The predicted molar refractivity (Wildman–Crippen MR) is 70.8 cm³/mol. The minimum absolute atomic E-state index is 0.0534. The first-order valence-corrected chi connectivity index (χ1v) is 7.28. The molecule has 2 fully saturated rings. The molecule has 1 heterocycles. The van der Waals surface area contributed by atoms with E-state index in [4.69, 9.17) is 9.47 Å². The maximum atomic E-state index is 12.2. The molecule has 5 nitrogen and oxygen atoms in total. The highest BCUT2D eigenvalue weighted by atomic mass is 16.5. The van der Waals surface area contributed by atoms with E-state index in [9.17, 15) is 9.90 Å². The predicted octanol–water partition coefficient (Wildman–Crippen LogP) is 0.801. The quantitative estimate of drug-likeness (QED) is 0.726. The van der Waals surface area contributed by atoms with Crippen LogP contribution in [0.5, 0.6) is 0 Å². The first-order chi connectivity index (χ1) is 9.24. The summed E-state index contributed by atoms with van der Waals surface area (Å²) in [4.78, 5) is 14.1. The number of nitrogens with zero attached hydrogens (tertiary/aromatic N) is 1. The molecule has 0 radical (unpaired) electrons. The zero-order valence-electron chi connectivity index (χ0n) is 11.7. The van der Waals surface area contributed by atoms with E-state index < -0.39 is 0 Å². The van der Waals surface area contributed by atoms with Crippen LogP contribution in [0.25, 0.3) is 0 Å². The molecule has 2 rings (SSSR count). The Bertz CT molecular complexity index is 297. The normalized spacial score (nSPS) is 31.1. The Labute approximate surface area is 114 Å². The molecule has 5 heteroatoms. The largest absolute Gasteiger partial charge is 0.393 e. The van der Waals surface area contributed by atoms with Gasteiger partial charge in [0.2, 0.25) is 5.91 Å². The van der Waals surface area contributed by atoms with E-state index in [1.807, 2.05) is 4.90 Å². The van der Waals surface area contributed by atoms with Crippen molar-refractivity contribution in [2.75, 3.05) is 33.5 Å². The average Bonchev–Trinajstić information content (AvgIpc) is 3.02. The molecule has 0 aromatic heterocycles. The van der Waals surface area contributed by atoms with Gasteiger partial charge in [-0.25, -0.2) is 0 Å². The van der Waals surface area contributed by atoms with E-state index in [1.54, 1.807) is 7.11 Å². The van der Waals surface area contributed by atoms with E-state index in [2.05, 4.69) is 0 Å². The van der Waals surface area contributed by atoms with Crippen molar-refractivity contribution in [3.8, 4) is 0 Å². The summed E-state index contributed by atoms with van der Waals surface area (Å²) in [6.07, 6.45) is 4.83. The van der Waals surface area contributed by atoms with Crippen LogP contribution in [0.4, 0.5) is 0 Å². The van der Waals surface area contributed by atoms with Crippen LogP contribution in [0.1, 0.15) is 32.1 Å². The molecule has 3 unspecified atom stereocenters. The van der Waals surface area contributed by atoms with E-state index in [1.165, 1.54) is 0 Å². The molecular weight excluding hydrogens is 246 g/mol. The number of hydrogen-bond donors (Lipinski definition) is 1. The highest BCUT2D eigenvalue weighted by Crippen LogP contribution is 2.35. The zero-order valence-corrected chi connectivity index (χ0v) is 11.7. The van der Waals surface area contributed by atoms with Gasteiger partial charge < -0.3 is 19.5 Å². The second-order valence-electron chi connectivity index (χ2n) is 5.50. The van der Waals surface area contributed by atoms with Crippen LogP contribution in [0, 0.1) is 5.92 Å². The number of methoxy groups -OCH3 is 1. The molecule has 2 aliphatic rings. The van der Waals surface area contributed by atoms with Gasteiger partial charge in [0.05, 0.1) is 19.3 Å². The number of hydrogen-bond acceptors (Lipinski definition) is 4.